The maximum atomic E-state index is 5.47. The number of thioether (sulfide) groups is 1. The van der Waals surface area contributed by atoms with E-state index in [4.69, 9.17) is 14.7 Å². The van der Waals surface area contributed by atoms with Crippen LogP contribution >= 0.6 is 11.8 Å². The summed E-state index contributed by atoms with van der Waals surface area (Å²) in [5, 5.41) is 3.87. The molecule has 3 fully saturated rings. The molecule has 26 heavy (non-hydrogen) atoms. The largest absolute Gasteiger partial charge is 0.378 e. The highest BCUT2D eigenvalue weighted by Gasteiger charge is 2.25. The summed E-state index contributed by atoms with van der Waals surface area (Å²) in [5.41, 5.74) is 1.14. The van der Waals surface area contributed by atoms with Crippen LogP contribution in [0.3, 0.4) is 0 Å². The van der Waals surface area contributed by atoms with Crippen LogP contribution in [0.4, 0.5) is 11.8 Å². The SMILES string of the molecule is CCc1cc(N2CCC(N[C@H]3CCSC3)CC2)nc(N2CCOCC2)n1. The van der Waals surface area contributed by atoms with Crippen molar-refractivity contribution in [2.24, 2.45) is 0 Å². The molecule has 7 heteroatoms. The van der Waals surface area contributed by atoms with Crippen molar-refractivity contribution in [3.8, 4) is 0 Å². The van der Waals surface area contributed by atoms with Crippen LogP contribution < -0.4 is 15.1 Å². The summed E-state index contributed by atoms with van der Waals surface area (Å²) < 4.78 is 5.47. The van der Waals surface area contributed by atoms with Gasteiger partial charge in [0.15, 0.2) is 0 Å². The molecule has 4 rings (SSSR count). The predicted octanol–water partition coefficient (Wildman–Crippen LogP) is 1.94. The standard InChI is InChI=1S/C19H31N5OS/c1-2-15-13-18(22-19(21-15)24-8-10-25-11-9-24)23-6-3-16(4-7-23)20-17-5-12-26-14-17/h13,16-17,20H,2-12,14H2,1H3/t17-/m0/s1. The Hall–Kier alpha value is -1.05. The molecule has 3 saturated heterocycles. The number of rotatable bonds is 5. The number of anilines is 2. The first-order valence-corrected chi connectivity index (χ1v) is 11.3. The van der Waals surface area contributed by atoms with Gasteiger partial charge < -0.3 is 19.9 Å². The van der Waals surface area contributed by atoms with Crippen LogP contribution in [0.15, 0.2) is 6.07 Å². The summed E-state index contributed by atoms with van der Waals surface area (Å²) >= 11 is 2.08. The highest BCUT2D eigenvalue weighted by molar-refractivity contribution is 7.99. The van der Waals surface area contributed by atoms with Gasteiger partial charge in [-0.3, -0.25) is 0 Å². The minimum atomic E-state index is 0.668. The van der Waals surface area contributed by atoms with E-state index in [0.717, 1.165) is 69.3 Å². The maximum Gasteiger partial charge on any atom is 0.227 e. The van der Waals surface area contributed by atoms with Gasteiger partial charge in [-0.25, -0.2) is 4.98 Å². The zero-order chi connectivity index (χ0) is 17.8. The molecule has 6 nitrogen and oxygen atoms in total. The fourth-order valence-electron chi connectivity index (χ4n) is 3.99. The lowest BCUT2D eigenvalue weighted by molar-refractivity contribution is 0.122. The van der Waals surface area contributed by atoms with Gasteiger partial charge >= 0.3 is 0 Å². The van der Waals surface area contributed by atoms with Crippen LogP contribution in [-0.2, 0) is 11.2 Å². The molecule has 1 aromatic rings. The van der Waals surface area contributed by atoms with Gasteiger partial charge in [-0.2, -0.15) is 16.7 Å². The van der Waals surface area contributed by atoms with Crippen molar-refractivity contribution in [1.29, 1.82) is 0 Å². The third kappa shape index (κ3) is 4.43. The van der Waals surface area contributed by atoms with Gasteiger partial charge in [0.25, 0.3) is 0 Å². The van der Waals surface area contributed by atoms with E-state index < -0.39 is 0 Å². The summed E-state index contributed by atoms with van der Waals surface area (Å²) in [6.45, 7) is 7.65. The van der Waals surface area contributed by atoms with E-state index >= 15 is 0 Å². The van der Waals surface area contributed by atoms with Crippen LogP contribution in [0.5, 0.6) is 0 Å². The fraction of sp³-hybridized carbons (Fsp3) is 0.789. The average Bonchev–Trinajstić information content (AvgIpc) is 3.22. The molecule has 3 aliphatic rings. The Morgan fingerprint density at radius 3 is 2.58 bits per heavy atom. The Kier molecular flexibility index (Phi) is 6.17. The molecular weight excluding hydrogens is 346 g/mol. The number of hydrogen-bond donors (Lipinski definition) is 1. The van der Waals surface area contributed by atoms with Gasteiger partial charge in [-0.05, 0) is 31.4 Å². The highest BCUT2D eigenvalue weighted by Crippen LogP contribution is 2.24. The second-order valence-electron chi connectivity index (χ2n) is 7.46. The molecular formula is C19H31N5OS. The fourth-order valence-corrected chi connectivity index (χ4v) is 5.16. The first-order valence-electron chi connectivity index (χ1n) is 10.1. The lowest BCUT2D eigenvalue weighted by atomic mass is 10.0. The van der Waals surface area contributed by atoms with Crippen LogP contribution in [0.2, 0.25) is 0 Å². The van der Waals surface area contributed by atoms with E-state index in [-0.39, 0.29) is 0 Å². The summed E-state index contributed by atoms with van der Waals surface area (Å²) in [7, 11) is 0. The van der Waals surface area contributed by atoms with Gasteiger partial charge in [0.2, 0.25) is 5.95 Å². The van der Waals surface area contributed by atoms with Gasteiger partial charge in [-0.1, -0.05) is 6.92 Å². The van der Waals surface area contributed by atoms with Crippen molar-refractivity contribution in [2.45, 2.75) is 44.7 Å². The Morgan fingerprint density at radius 2 is 1.88 bits per heavy atom. The molecule has 4 heterocycles. The van der Waals surface area contributed by atoms with E-state index in [9.17, 15) is 0 Å². The number of nitrogens with one attached hydrogen (secondary N) is 1. The Morgan fingerprint density at radius 1 is 1.08 bits per heavy atom. The van der Waals surface area contributed by atoms with Crippen LogP contribution in [0.25, 0.3) is 0 Å². The molecule has 1 aromatic heterocycles. The smallest absolute Gasteiger partial charge is 0.227 e. The van der Waals surface area contributed by atoms with Crippen molar-refractivity contribution in [1.82, 2.24) is 15.3 Å². The molecule has 0 bridgehead atoms. The zero-order valence-corrected chi connectivity index (χ0v) is 16.6. The summed E-state index contributed by atoms with van der Waals surface area (Å²) in [6.07, 6.45) is 4.70. The molecule has 0 amide bonds. The Labute approximate surface area is 161 Å². The van der Waals surface area contributed by atoms with E-state index in [2.05, 4.69) is 39.9 Å². The Bertz CT molecular complexity index is 581. The number of piperidine rings is 1. The van der Waals surface area contributed by atoms with Crippen molar-refractivity contribution in [3.63, 3.8) is 0 Å². The van der Waals surface area contributed by atoms with Crippen molar-refractivity contribution in [2.75, 3.05) is 60.7 Å². The van der Waals surface area contributed by atoms with Crippen molar-refractivity contribution in [3.05, 3.63) is 11.8 Å². The lowest BCUT2D eigenvalue weighted by Gasteiger charge is -2.35. The molecule has 0 radical (unpaired) electrons. The normalized spacial score (nSPS) is 25.0. The molecule has 144 valence electrons. The molecule has 1 N–H and O–H groups in total. The minimum Gasteiger partial charge on any atom is -0.378 e. The molecule has 0 unspecified atom stereocenters. The molecule has 0 aliphatic carbocycles. The second-order valence-corrected chi connectivity index (χ2v) is 8.61. The summed E-state index contributed by atoms with van der Waals surface area (Å²) in [4.78, 5) is 14.4. The molecule has 0 spiro atoms. The van der Waals surface area contributed by atoms with Crippen LogP contribution in [-0.4, -0.2) is 73.0 Å². The number of hydrogen-bond acceptors (Lipinski definition) is 7. The van der Waals surface area contributed by atoms with Gasteiger partial charge in [-0.15, -0.1) is 0 Å². The average molecular weight is 378 g/mol. The van der Waals surface area contributed by atoms with E-state index in [0.29, 0.717) is 6.04 Å². The summed E-state index contributed by atoms with van der Waals surface area (Å²) in [6, 6.07) is 3.59. The topological polar surface area (TPSA) is 53.5 Å². The summed E-state index contributed by atoms with van der Waals surface area (Å²) in [5.74, 6) is 4.59. The second kappa shape index (κ2) is 8.76. The zero-order valence-electron chi connectivity index (χ0n) is 15.8. The molecule has 0 aromatic carbocycles. The first kappa shape index (κ1) is 18.3. The number of ether oxygens (including phenoxy) is 1. The van der Waals surface area contributed by atoms with Gasteiger partial charge in [0, 0.05) is 55.8 Å². The first-order chi connectivity index (χ1) is 12.8. The van der Waals surface area contributed by atoms with Crippen molar-refractivity contribution < 1.29 is 4.74 Å². The number of nitrogens with zero attached hydrogens (tertiary/aromatic N) is 4. The van der Waals surface area contributed by atoms with Gasteiger partial charge in [0.05, 0.1) is 13.2 Å². The predicted molar refractivity (Wildman–Crippen MR) is 109 cm³/mol. The molecule has 0 saturated carbocycles. The van der Waals surface area contributed by atoms with E-state index in [1.807, 2.05) is 0 Å². The van der Waals surface area contributed by atoms with E-state index in [1.54, 1.807) is 0 Å². The van der Waals surface area contributed by atoms with Crippen LogP contribution in [0.1, 0.15) is 31.9 Å². The number of morpholine rings is 1. The molecule has 1 atom stereocenters. The third-order valence-corrected chi connectivity index (χ3v) is 6.79. The minimum absolute atomic E-state index is 0.668. The maximum absolute atomic E-state index is 5.47. The monoisotopic (exact) mass is 377 g/mol. The lowest BCUT2D eigenvalue weighted by Crippen LogP contribution is -2.46. The third-order valence-electron chi connectivity index (χ3n) is 5.63. The van der Waals surface area contributed by atoms with E-state index in [1.165, 1.54) is 30.8 Å². The Balaban J connectivity index is 1.40. The number of aromatic nitrogens is 2. The highest BCUT2D eigenvalue weighted by atomic mass is 32.2. The van der Waals surface area contributed by atoms with Gasteiger partial charge in [0.1, 0.15) is 5.82 Å². The quantitative estimate of drug-likeness (QED) is 0.841. The van der Waals surface area contributed by atoms with Crippen molar-refractivity contribution >= 4 is 23.5 Å². The van der Waals surface area contributed by atoms with Crippen LogP contribution in [0, 0.1) is 0 Å². The molecule has 3 aliphatic heterocycles. The number of aryl methyl sites for hydroxylation is 1.